The predicted octanol–water partition coefficient (Wildman–Crippen LogP) is 2.13. The lowest BCUT2D eigenvalue weighted by atomic mass is 10.2. The van der Waals surface area contributed by atoms with Gasteiger partial charge in [0.2, 0.25) is 11.1 Å². The van der Waals surface area contributed by atoms with Gasteiger partial charge in [-0.15, -0.1) is 10.2 Å². The Morgan fingerprint density at radius 3 is 2.79 bits per heavy atom. The first kappa shape index (κ1) is 20.5. The summed E-state index contributed by atoms with van der Waals surface area (Å²) in [6.45, 7) is 0.220. The molecule has 0 unspecified atom stereocenters. The summed E-state index contributed by atoms with van der Waals surface area (Å²) in [6, 6.07) is 13.4. The van der Waals surface area contributed by atoms with E-state index < -0.39 is 0 Å². The lowest BCUT2D eigenvalue weighted by Gasteiger charge is -2.08. The van der Waals surface area contributed by atoms with Crippen LogP contribution < -0.4 is 20.6 Å². The highest BCUT2D eigenvalue weighted by Crippen LogP contribution is 2.20. The molecule has 0 spiro atoms. The van der Waals surface area contributed by atoms with E-state index in [1.807, 2.05) is 12.1 Å². The third kappa shape index (κ3) is 5.61. The Labute approximate surface area is 171 Å². The summed E-state index contributed by atoms with van der Waals surface area (Å²) < 4.78 is 25.6. The molecule has 3 aromatic rings. The standard InChI is InChI=1S/C19H20FN5O3S/c1-27-14-6-4-7-15(9-14)28-11-17-23-24-19(25(17)21)29-12-18(26)22-10-13-5-2-3-8-16(13)20/h2-9H,10-12,21H2,1H3,(H,22,26). The molecule has 0 aliphatic rings. The molecule has 3 rings (SSSR count). The third-order valence-corrected chi connectivity index (χ3v) is 4.85. The maximum atomic E-state index is 13.6. The van der Waals surface area contributed by atoms with Gasteiger partial charge in [-0.2, -0.15) is 0 Å². The Morgan fingerprint density at radius 2 is 2.00 bits per heavy atom. The first-order valence-electron chi connectivity index (χ1n) is 8.66. The van der Waals surface area contributed by atoms with Crippen molar-refractivity contribution < 1.29 is 18.7 Å². The summed E-state index contributed by atoms with van der Waals surface area (Å²) in [4.78, 5) is 12.0. The van der Waals surface area contributed by atoms with Crippen molar-refractivity contribution in [2.24, 2.45) is 0 Å². The lowest BCUT2D eigenvalue weighted by molar-refractivity contribution is -0.118. The van der Waals surface area contributed by atoms with Crippen LogP contribution in [0.3, 0.4) is 0 Å². The molecule has 0 saturated heterocycles. The predicted molar refractivity (Wildman–Crippen MR) is 106 cm³/mol. The number of rotatable bonds is 9. The average Bonchev–Trinajstić information content (AvgIpc) is 3.09. The second-order valence-corrected chi connectivity index (χ2v) is 6.84. The number of amides is 1. The molecule has 0 radical (unpaired) electrons. The number of ether oxygens (including phenoxy) is 2. The summed E-state index contributed by atoms with van der Waals surface area (Å²) >= 11 is 1.13. The summed E-state index contributed by atoms with van der Waals surface area (Å²) in [5, 5.41) is 11.0. The minimum absolute atomic E-state index is 0.0700. The van der Waals surface area contributed by atoms with E-state index in [0.717, 1.165) is 11.8 Å². The fourth-order valence-corrected chi connectivity index (χ4v) is 3.06. The first-order chi connectivity index (χ1) is 14.1. The molecule has 152 valence electrons. The first-order valence-corrected chi connectivity index (χ1v) is 9.64. The van der Waals surface area contributed by atoms with Crippen LogP contribution in [0.5, 0.6) is 11.5 Å². The molecular weight excluding hydrogens is 397 g/mol. The average molecular weight is 417 g/mol. The molecule has 0 atom stereocenters. The fraction of sp³-hybridized carbons (Fsp3) is 0.211. The largest absolute Gasteiger partial charge is 0.497 e. The van der Waals surface area contributed by atoms with Crippen molar-refractivity contribution in [1.29, 1.82) is 0 Å². The fourth-order valence-electron chi connectivity index (χ4n) is 2.36. The molecule has 0 saturated carbocycles. The number of hydrogen-bond donors (Lipinski definition) is 2. The Morgan fingerprint density at radius 1 is 1.21 bits per heavy atom. The van der Waals surface area contributed by atoms with Crippen LogP contribution in [0.4, 0.5) is 4.39 Å². The van der Waals surface area contributed by atoms with Crippen molar-refractivity contribution in [2.75, 3.05) is 18.7 Å². The Bertz CT molecular complexity index is 982. The van der Waals surface area contributed by atoms with E-state index in [4.69, 9.17) is 15.3 Å². The van der Waals surface area contributed by atoms with Crippen molar-refractivity contribution in [3.05, 3.63) is 65.7 Å². The molecule has 10 heteroatoms. The number of carbonyl (C=O) groups is 1. The molecule has 3 N–H and O–H groups in total. The minimum atomic E-state index is -0.358. The molecule has 0 aliphatic heterocycles. The lowest BCUT2D eigenvalue weighted by Crippen LogP contribution is -2.25. The van der Waals surface area contributed by atoms with Crippen LogP contribution in [-0.4, -0.2) is 33.6 Å². The second-order valence-electron chi connectivity index (χ2n) is 5.89. The van der Waals surface area contributed by atoms with Gasteiger partial charge in [-0.3, -0.25) is 4.79 Å². The minimum Gasteiger partial charge on any atom is -0.497 e. The van der Waals surface area contributed by atoms with Crippen LogP contribution in [0.25, 0.3) is 0 Å². The van der Waals surface area contributed by atoms with Crippen LogP contribution in [0.1, 0.15) is 11.4 Å². The van der Waals surface area contributed by atoms with Crippen LogP contribution in [0, 0.1) is 5.82 Å². The monoisotopic (exact) mass is 417 g/mol. The number of hydrogen-bond acceptors (Lipinski definition) is 7. The van der Waals surface area contributed by atoms with E-state index in [1.165, 1.54) is 10.7 Å². The number of carbonyl (C=O) groups excluding carboxylic acids is 1. The van der Waals surface area contributed by atoms with Gasteiger partial charge in [-0.05, 0) is 18.2 Å². The highest BCUT2D eigenvalue weighted by Gasteiger charge is 2.13. The van der Waals surface area contributed by atoms with Crippen molar-refractivity contribution in [3.8, 4) is 11.5 Å². The van der Waals surface area contributed by atoms with Crippen LogP contribution in [-0.2, 0) is 17.9 Å². The van der Waals surface area contributed by atoms with Gasteiger partial charge in [0.25, 0.3) is 0 Å². The van der Waals surface area contributed by atoms with E-state index in [0.29, 0.717) is 28.0 Å². The summed E-state index contributed by atoms with van der Waals surface area (Å²) in [5.41, 5.74) is 0.421. The number of halogens is 1. The number of nitrogens with two attached hydrogens (primary N) is 1. The molecule has 2 aromatic carbocycles. The zero-order valence-corrected chi connectivity index (χ0v) is 16.5. The zero-order valence-electron chi connectivity index (χ0n) is 15.7. The number of nitrogen functional groups attached to an aromatic ring is 1. The molecule has 1 heterocycles. The molecule has 29 heavy (non-hydrogen) atoms. The quantitative estimate of drug-likeness (QED) is 0.406. The van der Waals surface area contributed by atoms with Crippen molar-refractivity contribution in [3.63, 3.8) is 0 Å². The normalized spacial score (nSPS) is 10.6. The smallest absolute Gasteiger partial charge is 0.230 e. The maximum Gasteiger partial charge on any atom is 0.230 e. The van der Waals surface area contributed by atoms with E-state index in [-0.39, 0.29) is 30.6 Å². The van der Waals surface area contributed by atoms with Gasteiger partial charge in [0.1, 0.15) is 23.9 Å². The van der Waals surface area contributed by atoms with Crippen molar-refractivity contribution >= 4 is 17.7 Å². The van der Waals surface area contributed by atoms with Crippen molar-refractivity contribution in [1.82, 2.24) is 20.2 Å². The number of benzene rings is 2. The second kappa shape index (κ2) is 9.78. The van der Waals surface area contributed by atoms with Crippen LogP contribution >= 0.6 is 11.8 Å². The number of thioether (sulfide) groups is 1. The molecule has 1 amide bonds. The number of nitrogens with one attached hydrogen (secondary N) is 1. The number of aromatic nitrogens is 3. The highest BCUT2D eigenvalue weighted by molar-refractivity contribution is 7.99. The van der Waals surface area contributed by atoms with Gasteiger partial charge in [-0.1, -0.05) is 36.0 Å². The van der Waals surface area contributed by atoms with Crippen molar-refractivity contribution in [2.45, 2.75) is 18.3 Å². The Balaban J connectivity index is 1.48. The molecule has 0 aliphatic carbocycles. The van der Waals surface area contributed by atoms with Gasteiger partial charge >= 0.3 is 0 Å². The van der Waals surface area contributed by atoms with Gasteiger partial charge in [0.15, 0.2) is 5.82 Å². The summed E-state index contributed by atoms with van der Waals surface area (Å²) in [5.74, 6) is 7.11. The van der Waals surface area contributed by atoms with E-state index >= 15 is 0 Å². The van der Waals surface area contributed by atoms with Gasteiger partial charge in [0.05, 0.1) is 12.9 Å². The number of nitrogens with zero attached hydrogens (tertiary/aromatic N) is 3. The maximum absolute atomic E-state index is 13.6. The molecule has 0 fully saturated rings. The highest BCUT2D eigenvalue weighted by atomic mass is 32.2. The molecule has 1 aromatic heterocycles. The van der Waals surface area contributed by atoms with E-state index in [2.05, 4.69) is 15.5 Å². The Hall–Kier alpha value is -3.27. The zero-order chi connectivity index (χ0) is 20.6. The number of methoxy groups -OCH3 is 1. The molecule has 8 nitrogen and oxygen atoms in total. The Kier molecular flexibility index (Phi) is 6.90. The van der Waals surface area contributed by atoms with Gasteiger partial charge < -0.3 is 20.6 Å². The SMILES string of the molecule is COc1cccc(OCc2nnc(SCC(=O)NCc3ccccc3F)n2N)c1. The summed E-state index contributed by atoms with van der Waals surface area (Å²) in [6.07, 6.45) is 0. The summed E-state index contributed by atoms with van der Waals surface area (Å²) in [7, 11) is 1.58. The van der Waals surface area contributed by atoms with Gasteiger partial charge in [0, 0.05) is 18.2 Å². The molecule has 0 bridgehead atoms. The van der Waals surface area contributed by atoms with Crippen LogP contribution in [0.15, 0.2) is 53.7 Å². The third-order valence-electron chi connectivity index (χ3n) is 3.91. The van der Waals surface area contributed by atoms with E-state index in [1.54, 1.807) is 37.4 Å². The topological polar surface area (TPSA) is 104 Å². The molecular formula is C19H20FN5O3S. The van der Waals surface area contributed by atoms with Crippen LogP contribution in [0.2, 0.25) is 0 Å². The van der Waals surface area contributed by atoms with E-state index in [9.17, 15) is 9.18 Å². The van der Waals surface area contributed by atoms with Gasteiger partial charge in [-0.25, -0.2) is 9.07 Å².